The van der Waals surface area contributed by atoms with Gasteiger partial charge in [-0.15, -0.1) is 0 Å². The summed E-state index contributed by atoms with van der Waals surface area (Å²) in [4.78, 5) is 43.8. The molecule has 6 saturated carbocycles. The van der Waals surface area contributed by atoms with Gasteiger partial charge in [0.15, 0.2) is 0 Å². The third kappa shape index (κ3) is 6.79. The molecule has 10 nitrogen and oxygen atoms in total. The van der Waals surface area contributed by atoms with Crippen molar-refractivity contribution in [2.45, 2.75) is 137 Å². The number of nitrogens with one attached hydrogen (secondary N) is 2. The summed E-state index contributed by atoms with van der Waals surface area (Å²) in [5, 5.41) is 17.0. The van der Waals surface area contributed by atoms with Crippen LogP contribution in [0.15, 0.2) is 0 Å². The fourth-order valence-electron chi connectivity index (χ4n) is 14.3. The summed E-state index contributed by atoms with van der Waals surface area (Å²) < 4.78 is 12.0. The molecule has 0 spiro atoms. The molecule has 1 aliphatic heterocycles. The Bertz CT molecular complexity index is 1380. The third-order valence-corrected chi connectivity index (χ3v) is 17.7. The molecule has 10 heteroatoms. The van der Waals surface area contributed by atoms with Crippen molar-refractivity contribution in [2.75, 3.05) is 52.9 Å². The summed E-state index contributed by atoms with van der Waals surface area (Å²) in [6.07, 6.45) is 12.1. The summed E-state index contributed by atoms with van der Waals surface area (Å²) in [6, 6.07) is 0.294. The van der Waals surface area contributed by atoms with E-state index in [0.29, 0.717) is 36.9 Å². The molecule has 53 heavy (non-hydrogen) atoms. The van der Waals surface area contributed by atoms with Crippen molar-refractivity contribution in [3.8, 4) is 0 Å². The average Bonchev–Trinajstić information content (AvgIpc) is 3.83. The number of nitrogens with zero attached hydrogens (tertiary/aromatic N) is 2. The zero-order valence-corrected chi connectivity index (χ0v) is 34.1. The molecule has 11 atom stereocenters. The Kier molecular flexibility index (Phi) is 10.7. The van der Waals surface area contributed by atoms with E-state index in [-0.39, 0.29) is 57.7 Å². The van der Waals surface area contributed by atoms with E-state index in [1.165, 1.54) is 0 Å². The topological polar surface area (TPSA) is 120 Å². The first-order valence-corrected chi connectivity index (χ1v) is 21.6. The summed E-state index contributed by atoms with van der Waals surface area (Å²) in [6.45, 7) is 20.9. The third-order valence-electron chi connectivity index (χ3n) is 17.7. The Morgan fingerprint density at radius 1 is 0.811 bits per heavy atom. The van der Waals surface area contributed by atoms with Crippen molar-refractivity contribution in [1.29, 1.82) is 0 Å². The number of fused-ring (bicyclic) bond motifs is 7. The molecule has 0 aromatic heterocycles. The predicted octanol–water partition coefficient (Wildman–Crippen LogP) is 7.41. The van der Waals surface area contributed by atoms with Gasteiger partial charge in [-0.1, -0.05) is 41.5 Å². The molecule has 0 radical (unpaired) electrons. The van der Waals surface area contributed by atoms with E-state index in [1.807, 2.05) is 0 Å². The quantitative estimate of drug-likeness (QED) is 0.198. The van der Waals surface area contributed by atoms with Crippen LogP contribution in [0.5, 0.6) is 0 Å². The van der Waals surface area contributed by atoms with Crippen molar-refractivity contribution in [3.63, 3.8) is 0 Å². The number of ether oxygens (including phenoxy) is 2. The number of hydrogen-bond donors (Lipinski definition) is 3. The molecular formula is C43H72N4O6. The lowest BCUT2D eigenvalue weighted by Crippen LogP contribution is -2.67. The van der Waals surface area contributed by atoms with Gasteiger partial charge in [0.2, 0.25) is 0 Å². The first kappa shape index (κ1) is 39.2. The van der Waals surface area contributed by atoms with Gasteiger partial charge in [-0.2, -0.15) is 0 Å². The first-order valence-electron chi connectivity index (χ1n) is 21.6. The molecule has 1 heterocycles. The van der Waals surface area contributed by atoms with E-state index in [4.69, 9.17) is 9.47 Å². The maximum absolute atomic E-state index is 13.3. The van der Waals surface area contributed by atoms with Crippen LogP contribution in [0.4, 0.5) is 9.59 Å². The number of carboxylic acids is 1. The van der Waals surface area contributed by atoms with Gasteiger partial charge in [0.25, 0.3) is 0 Å². The monoisotopic (exact) mass is 741 g/mol. The number of amides is 2. The van der Waals surface area contributed by atoms with Crippen molar-refractivity contribution in [2.24, 2.45) is 62.6 Å². The molecule has 6 aliphatic carbocycles. The summed E-state index contributed by atoms with van der Waals surface area (Å²) in [7, 11) is 2.16. The second-order valence-corrected chi connectivity index (χ2v) is 20.5. The smallest absolute Gasteiger partial charge is 0.407 e. The Labute approximate surface area is 319 Å². The first-order chi connectivity index (χ1) is 25.0. The Morgan fingerprint density at radius 2 is 1.55 bits per heavy atom. The summed E-state index contributed by atoms with van der Waals surface area (Å²) in [5.41, 5.74) is -0.500. The van der Waals surface area contributed by atoms with Crippen LogP contribution in [0.25, 0.3) is 0 Å². The van der Waals surface area contributed by atoms with Crippen LogP contribution < -0.4 is 10.6 Å². The minimum Gasteiger partial charge on any atom is -0.481 e. The molecule has 0 aromatic carbocycles. The lowest BCUT2D eigenvalue weighted by Gasteiger charge is -2.72. The standard InChI is InChI=1S/C43H72N4O6/c1-28(27-52-37(50)44-21-8-22-47-25-23-46(7)24-26-47)30-13-18-43(36(48)49)20-19-41(5)31(35(30)43)11-12-33-40(4)16-15-34(53-38(51)45-29-9-10-29)39(2,3)32(40)14-17-42(33,41)6/h28-35H,8-27H2,1-7H3,(H,44,50)(H,45,51)(H,48,49)/t28?,30-,31?,32?,33?,34+,35?,40-,41+,42+,43-/m0/s1. The van der Waals surface area contributed by atoms with Gasteiger partial charge in [0, 0.05) is 44.2 Å². The minimum atomic E-state index is -0.683. The highest BCUT2D eigenvalue weighted by atomic mass is 16.6. The Hall–Kier alpha value is -2.07. The predicted molar refractivity (Wildman–Crippen MR) is 205 cm³/mol. The lowest BCUT2D eigenvalue weighted by atomic mass is 9.32. The minimum absolute atomic E-state index is 0.0411. The highest BCUT2D eigenvalue weighted by Gasteiger charge is 2.72. The van der Waals surface area contributed by atoms with Crippen LogP contribution in [-0.2, 0) is 14.3 Å². The van der Waals surface area contributed by atoms with Gasteiger partial charge in [0.1, 0.15) is 6.10 Å². The molecule has 2 amide bonds. The number of alkyl carbamates (subject to hydrolysis) is 2. The largest absolute Gasteiger partial charge is 0.481 e. The van der Waals surface area contributed by atoms with Crippen LogP contribution in [0, 0.1) is 62.6 Å². The molecule has 3 N–H and O–H groups in total. The molecule has 0 bridgehead atoms. The molecule has 0 aromatic rings. The van der Waals surface area contributed by atoms with Crippen LogP contribution in [-0.4, -0.2) is 98.1 Å². The number of carboxylic acid groups (broad SMARTS) is 1. The average molecular weight is 741 g/mol. The Balaban J connectivity index is 1.02. The number of hydrogen-bond acceptors (Lipinski definition) is 7. The van der Waals surface area contributed by atoms with E-state index < -0.39 is 11.4 Å². The van der Waals surface area contributed by atoms with Gasteiger partial charge in [-0.3, -0.25) is 4.79 Å². The fourth-order valence-corrected chi connectivity index (χ4v) is 14.3. The maximum atomic E-state index is 13.3. The van der Waals surface area contributed by atoms with Crippen molar-refractivity contribution in [1.82, 2.24) is 20.4 Å². The van der Waals surface area contributed by atoms with E-state index in [9.17, 15) is 19.5 Å². The summed E-state index contributed by atoms with van der Waals surface area (Å²) in [5.74, 6) is 1.17. The normalized spacial score (nSPS) is 42.9. The molecular weight excluding hydrogens is 668 g/mol. The number of carbonyl (C=O) groups is 3. The number of rotatable bonds is 10. The zero-order chi connectivity index (χ0) is 38.0. The van der Waals surface area contributed by atoms with Crippen molar-refractivity contribution >= 4 is 18.2 Å². The molecule has 7 aliphatic rings. The van der Waals surface area contributed by atoms with E-state index in [1.54, 1.807) is 0 Å². The Morgan fingerprint density at radius 3 is 2.25 bits per heavy atom. The van der Waals surface area contributed by atoms with Gasteiger partial charge in [-0.05, 0) is 149 Å². The van der Waals surface area contributed by atoms with Crippen LogP contribution >= 0.6 is 0 Å². The van der Waals surface area contributed by atoms with E-state index in [0.717, 1.165) is 116 Å². The number of carbonyl (C=O) groups excluding carboxylic acids is 2. The second-order valence-electron chi connectivity index (χ2n) is 20.5. The van der Waals surface area contributed by atoms with E-state index >= 15 is 0 Å². The fraction of sp³-hybridized carbons (Fsp3) is 0.930. The number of aliphatic carboxylic acids is 1. The second kappa shape index (κ2) is 14.5. The van der Waals surface area contributed by atoms with Gasteiger partial charge in [-0.25, -0.2) is 9.59 Å². The molecule has 1 saturated heterocycles. The van der Waals surface area contributed by atoms with E-state index in [2.05, 4.69) is 69.0 Å². The van der Waals surface area contributed by atoms with Crippen LogP contribution in [0.3, 0.4) is 0 Å². The lowest BCUT2D eigenvalue weighted by molar-refractivity contribution is -0.249. The van der Waals surface area contributed by atoms with Crippen LogP contribution in [0.2, 0.25) is 0 Å². The van der Waals surface area contributed by atoms with Gasteiger partial charge in [0.05, 0.1) is 12.0 Å². The SMILES string of the molecule is CC(COC(=O)NCCCN1CCN(C)CC1)[C@@H]1CC[C@]2(C(=O)O)CC[C@]3(C)C(CCC4[C@@]5(C)CC[C@@H](OC(=O)NC6CC6)C(C)(C)C5CC[C@]43C)C12. The molecule has 7 rings (SSSR count). The van der Waals surface area contributed by atoms with Crippen molar-refractivity contribution < 1.29 is 29.0 Å². The highest BCUT2D eigenvalue weighted by Crippen LogP contribution is 2.77. The van der Waals surface area contributed by atoms with Crippen LogP contribution in [0.1, 0.15) is 125 Å². The summed E-state index contributed by atoms with van der Waals surface area (Å²) >= 11 is 0. The van der Waals surface area contributed by atoms with Gasteiger partial charge >= 0.3 is 18.2 Å². The zero-order valence-electron chi connectivity index (χ0n) is 34.1. The molecule has 7 fully saturated rings. The van der Waals surface area contributed by atoms with Crippen molar-refractivity contribution in [3.05, 3.63) is 0 Å². The highest BCUT2D eigenvalue weighted by molar-refractivity contribution is 5.76. The molecule has 5 unspecified atom stereocenters. The molecule has 300 valence electrons. The van der Waals surface area contributed by atoms with Gasteiger partial charge < -0.3 is 35.0 Å². The maximum Gasteiger partial charge on any atom is 0.407 e. The number of likely N-dealkylation sites (N-methyl/N-ethyl adjacent to an activating group) is 1. The number of piperazine rings is 1.